The van der Waals surface area contributed by atoms with E-state index in [2.05, 4.69) is 38.7 Å². The second kappa shape index (κ2) is 8.95. The van der Waals surface area contributed by atoms with Crippen molar-refractivity contribution in [2.24, 2.45) is 29.1 Å². The highest BCUT2D eigenvalue weighted by Crippen LogP contribution is 2.72. The van der Waals surface area contributed by atoms with Crippen molar-refractivity contribution >= 4 is 39.5 Å². The molecule has 5 rings (SSSR count). The summed E-state index contributed by atoms with van der Waals surface area (Å²) in [6.45, 7) is 6.61. The van der Waals surface area contributed by atoms with Gasteiger partial charge < -0.3 is 20.3 Å². The van der Waals surface area contributed by atoms with Crippen molar-refractivity contribution in [3.63, 3.8) is 0 Å². The van der Waals surface area contributed by atoms with Crippen LogP contribution in [-0.4, -0.2) is 47.5 Å². The van der Waals surface area contributed by atoms with Crippen LogP contribution in [0.2, 0.25) is 0 Å². The first-order valence-electron chi connectivity index (χ1n) is 12.6. The van der Waals surface area contributed by atoms with Crippen LogP contribution in [0.3, 0.4) is 0 Å². The van der Waals surface area contributed by atoms with Crippen LogP contribution in [0.4, 0.5) is 10.5 Å². The largest absolute Gasteiger partial charge is 0.444 e. The standard InChI is InChI=1S/C27H34BrN3O4/c1-26(2,3)35-25(34)31-14-4-5-18(15-31)30-24(33)22-20-11-10-19(27(20)12-13-27)21(22)23(32)29-17-8-6-16(28)7-9-17/h6-11,18-22H,4-5,12-15H2,1-3H3,(H,29,32)(H,30,33)/t18?,19-,20+,21+,22+/m0/s1. The zero-order valence-corrected chi connectivity index (χ0v) is 22.1. The van der Waals surface area contributed by atoms with E-state index in [9.17, 15) is 14.4 Å². The van der Waals surface area contributed by atoms with Gasteiger partial charge in [-0.15, -0.1) is 0 Å². The molecule has 3 amide bonds. The molecule has 1 saturated heterocycles. The summed E-state index contributed by atoms with van der Waals surface area (Å²) in [6.07, 6.45) is 7.73. The molecule has 1 aliphatic heterocycles. The normalized spacial score (nSPS) is 30.3. The summed E-state index contributed by atoms with van der Waals surface area (Å²) in [5.74, 6) is -0.738. The lowest BCUT2D eigenvalue weighted by molar-refractivity contribution is -0.133. The number of halogens is 1. The number of hydrogen-bond acceptors (Lipinski definition) is 4. The summed E-state index contributed by atoms with van der Waals surface area (Å²) in [5.41, 5.74) is 0.240. The molecule has 0 aromatic heterocycles. The molecule has 2 saturated carbocycles. The van der Waals surface area contributed by atoms with Crippen molar-refractivity contribution < 1.29 is 19.1 Å². The Kier molecular flexibility index (Phi) is 6.22. The molecule has 8 heteroatoms. The lowest BCUT2D eigenvalue weighted by atomic mass is 9.81. The minimum Gasteiger partial charge on any atom is -0.444 e. The zero-order chi connectivity index (χ0) is 25.0. The third-order valence-electron chi connectivity index (χ3n) is 7.98. The number of anilines is 1. The molecule has 35 heavy (non-hydrogen) atoms. The summed E-state index contributed by atoms with van der Waals surface area (Å²) < 4.78 is 6.47. The molecular weight excluding hydrogens is 510 g/mol. The number of amides is 3. The number of nitrogens with one attached hydrogen (secondary N) is 2. The van der Waals surface area contributed by atoms with Crippen LogP contribution < -0.4 is 10.6 Å². The highest BCUT2D eigenvalue weighted by Gasteiger charge is 2.69. The van der Waals surface area contributed by atoms with E-state index in [4.69, 9.17) is 4.74 Å². The number of carbonyl (C=O) groups is 3. The number of piperidine rings is 1. The van der Waals surface area contributed by atoms with Gasteiger partial charge in [-0.25, -0.2) is 4.79 Å². The van der Waals surface area contributed by atoms with E-state index in [1.54, 1.807) is 4.90 Å². The molecule has 2 bridgehead atoms. The predicted molar refractivity (Wildman–Crippen MR) is 137 cm³/mol. The van der Waals surface area contributed by atoms with Crippen LogP contribution in [0, 0.1) is 29.1 Å². The molecule has 1 aromatic rings. The third kappa shape index (κ3) is 4.74. The second-order valence-corrected chi connectivity index (χ2v) is 12.4. The zero-order valence-electron chi connectivity index (χ0n) is 20.6. The molecule has 188 valence electrons. The average Bonchev–Trinajstić information content (AvgIpc) is 3.46. The van der Waals surface area contributed by atoms with E-state index >= 15 is 0 Å². The fourth-order valence-corrected chi connectivity index (χ4v) is 6.62. The van der Waals surface area contributed by atoms with Crippen LogP contribution >= 0.6 is 15.9 Å². The number of allylic oxidation sites excluding steroid dienone is 2. The molecule has 1 aromatic carbocycles. The van der Waals surface area contributed by atoms with Crippen molar-refractivity contribution in [1.82, 2.24) is 10.2 Å². The van der Waals surface area contributed by atoms with Crippen molar-refractivity contribution in [2.45, 2.75) is 58.1 Å². The van der Waals surface area contributed by atoms with E-state index in [1.807, 2.05) is 45.0 Å². The van der Waals surface area contributed by atoms with Crippen LogP contribution in [0.25, 0.3) is 0 Å². The van der Waals surface area contributed by atoms with E-state index < -0.39 is 5.60 Å². The van der Waals surface area contributed by atoms with E-state index in [-0.39, 0.29) is 53.0 Å². The van der Waals surface area contributed by atoms with Crippen LogP contribution in [0.1, 0.15) is 46.5 Å². The van der Waals surface area contributed by atoms with Crippen LogP contribution in [0.5, 0.6) is 0 Å². The predicted octanol–water partition coefficient (Wildman–Crippen LogP) is 4.73. The number of rotatable bonds is 4. The smallest absolute Gasteiger partial charge is 0.410 e. The van der Waals surface area contributed by atoms with E-state index in [0.717, 1.165) is 35.8 Å². The number of hydrogen-bond donors (Lipinski definition) is 2. The van der Waals surface area contributed by atoms with Gasteiger partial charge in [0.15, 0.2) is 0 Å². The molecule has 7 nitrogen and oxygen atoms in total. The Morgan fingerprint density at radius 2 is 1.66 bits per heavy atom. The molecule has 3 aliphatic carbocycles. The molecule has 1 heterocycles. The van der Waals surface area contributed by atoms with Crippen molar-refractivity contribution in [2.75, 3.05) is 18.4 Å². The average molecular weight is 544 g/mol. The van der Waals surface area contributed by atoms with Gasteiger partial charge in [-0.1, -0.05) is 28.1 Å². The van der Waals surface area contributed by atoms with Gasteiger partial charge in [0.25, 0.3) is 0 Å². The summed E-state index contributed by atoms with van der Waals surface area (Å²) in [5, 5.41) is 6.26. The first-order chi connectivity index (χ1) is 16.6. The first kappa shape index (κ1) is 24.3. The van der Waals surface area contributed by atoms with E-state index in [0.29, 0.717) is 13.1 Å². The Labute approximate surface area is 215 Å². The molecule has 1 spiro atoms. The second-order valence-electron chi connectivity index (χ2n) is 11.5. The number of carbonyl (C=O) groups excluding carboxylic acids is 3. The lowest BCUT2D eigenvalue weighted by Gasteiger charge is -2.35. The minimum absolute atomic E-state index is 0.0683. The van der Waals surface area contributed by atoms with E-state index in [1.165, 1.54) is 0 Å². The SMILES string of the molecule is CC(C)(C)OC(=O)N1CCCC(NC(=O)[C@H]2[C@H](C(=O)Nc3ccc(Br)cc3)[C@@H]3C=C[C@H]2C32CC2)C1. The highest BCUT2D eigenvalue weighted by atomic mass is 79.9. The van der Waals surface area contributed by atoms with Gasteiger partial charge in [0.2, 0.25) is 11.8 Å². The number of benzene rings is 1. The summed E-state index contributed by atoms with van der Waals surface area (Å²) in [6, 6.07) is 7.36. The van der Waals surface area contributed by atoms with Gasteiger partial charge in [0.1, 0.15) is 5.60 Å². The van der Waals surface area contributed by atoms with Gasteiger partial charge in [-0.05, 0) is 88.0 Å². The van der Waals surface area contributed by atoms with Gasteiger partial charge in [-0.3, -0.25) is 9.59 Å². The maximum absolute atomic E-state index is 13.7. The van der Waals surface area contributed by atoms with Crippen molar-refractivity contribution in [1.29, 1.82) is 0 Å². The van der Waals surface area contributed by atoms with Crippen LogP contribution in [-0.2, 0) is 14.3 Å². The minimum atomic E-state index is -0.559. The monoisotopic (exact) mass is 543 g/mol. The number of nitrogens with zero attached hydrogens (tertiary/aromatic N) is 1. The maximum atomic E-state index is 13.7. The Morgan fingerprint density at radius 1 is 1.03 bits per heavy atom. The summed E-state index contributed by atoms with van der Waals surface area (Å²) in [4.78, 5) is 41.4. The summed E-state index contributed by atoms with van der Waals surface area (Å²) in [7, 11) is 0. The molecule has 0 radical (unpaired) electrons. The molecule has 4 aliphatic rings. The Balaban J connectivity index is 1.29. The molecule has 1 unspecified atom stereocenters. The van der Waals surface area contributed by atoms with Gasteiger partial charge in [0, 0.05) is 29.3 Å². The highest BCUT2D eigenvalue weighted by molar-refractivity contribution is 9.10. The maximum Gasteiger partial charge on any atom is 0.410 e. The fraction of sp³-hybridized carbons (Fsp3) is 0.593. The molecule has 2 N–H and O–H groups in total. The molecule has 3 fully saturated rings. The number of likely N-dealkylation sites (tertiary alicyclic amines) is 1. The fourth-order valence-electron chi connectivity index (χ4n) is 6.35. The first-order valence-corrected chi connectivity index (χ1v) is 13.4. The summed E-state index contributed by atoms with van der Waals surface area (Å²) >= 11 is 3.42. The van der Waals surface area contributed by atoms with Crippen molar-refractivity contribution in [3.8, 4) is 0 Å². The van der Waals surface area contributed by atoms with Crippen molar-refractivity contribution in [3.05, 3.63) is 40.9 Å². The van der Waals surface area contributed by atoms with Crippen LogP contribution in [0.15, 0.2) is 40.9 Å². The van der Waals surface area contributed by atoms with Gasteiger partial charge in [0.05, 0.1) is 11.8 Å². The Hall–Kier alpha value is -2.35. The third-order valence-corrected chi connectivity index (χ3v) is 8.51. The van der Waals surface area contributed by atoms with Gasteiger partial charge >= 0.3 is 6.09 Å². The molecular formula is C27H34BrN3O4. The quantitative estimate of drug-likeness (QED) is 0.537. The van der Waals surface area contributed by atoms with Gasteiger partial charge in [-0.2, -0.15) is 0 Å². The molecule has 5 atom stereocenters. The Bertz CT molecular complexity index is 1040. The Morgan fingerprint density at radius 3 is 2.26 bits per heavy atom. The number of ether oxygens (including phenoxy) is 1. The topological polar surface area (TPSA) is 87.7 Å². The lowest BCUT2D eigenvalue weighted by Crippen LogP contribution is -2.53.